The SMILES string of the molecule is O=C(COC(=O)c1ccc(F)cc1Cl)Nc1ccc([N+](=O)[O-])cc1Cl. The number of hydrogen-bond donors (Lipinski definition) is 1. The molecule has 10 heteroatoms. The Morgan fingerprint density at radius 2 is 1.88 bits per heavy atom. The van der Waals surface area contributed by atoms with Crippen LogP contribution in [0.15, 0.2) is 36.4 Å². The third-order valence-electron chi connectivity index (χ3n) is 2.92. The molecule has 1 N–H and O–H groups in total. The summed E-state index contributed by atoms with van der Waals surface area (Å²) in [4.78, 5) is 33.6. The van der Waals surface area contributed by atoms with Crippen molar-refractivity contribution in [2.75, 3.05) is 11.9 Å². The molecule has 7 nitrogen and oxygen atoms in total. The predicted octanol–water partition coefficient (Wildman–Crippen LogP) is 3.84. The van der Waals surface area contributed by atoms with E-state index in [9.17, 15) is 24.1 Å². The van der Waals surface area contributed by atoms with Crippen molar-refractivity contribution in [1.29, 1.82) is 0 Å². The van der Waals surface area contributed by atoms with Gasteiger partial charge in [-0.3, -0.25) is 14.9 Å². The van der Waals surface area contributed by atoms with Gasteiger partial charge in [0, 0.05) is 12.1 Å². The number of hydrogen-bond acceptors (Lipinski definition) is 5. The van der Waals surface area contributed by atoms with Crippen LogP contribution in [0.25, 0.3) is 0 Å². The van der Waals surface area contributed by atoms with Crippen molar-refractivity contribution in [3.05, 3.63) is 67.9 Å². The monoisotopic (exact) mass is 386 g/mol. The fourth-order valence-electron chi connectivity index (χ4n) is 1.77. The molecular weight excluding hydrogens is 378 g/mol. The minimum absolute atomic E-state index is 0.0459. The first kappa shape index (κ1) is 18.6. The lowest BCUT2D eigenvalue weighted by molar-refractivity contribution is -0.384. The number of esters is 1. The van der Waals surface area contributed by atoms with E-state index in [2.05, 4.69) is 5.32 Å². The average molecular weight is 387 g/mol. The quantitative estimate of drug-likeness (QED) is 0.478. The predicted molar refractivity (Wildman–Crippen MR) is 88.4 cm³/mol. The number of nitro benzene ring substituents is 1. The van der Waals surface area contributed by atoms with Gasteiger partial charge in [0.1, 0.15) is 5.82 Å². The van der Waals surface area contributed by atoms with E-state index in [4.69, 9.17) is 27.9 Å². The Bertz CT molecular complexity index is 860. The summed E-state index contributed by atoms with van der Waals surface area (Å²) in [5.74, 6) is -2.25. The molecule has 0 aliphatic rings. The first-order valence-electron chi connectivity index (χ1n) is 6.64. The zero-order valence-electron chi connectivity index (χ0n) is 12.3. The highest BCUT2D eigenvalue weighted by atomic mass is 35.5. The Hall–Kier alpha value is -2.71. The van der Waals surface area contributed by atoms with Crippen molar-refractivity contribution in [3.63, 3.8) is 0 Å². The maximum atomic E-state index is 12.9. The molecule has 0 aliphatic carbocycles. The number of rotatable bonds is 5. The molecule has 0 saturated heterocycles. The van der Waals surface area contributed by atoms with Gasteiger partial charge in [-0.15, -0.1) is 0 Å². The standard InChI is InChI=1S/C15H9Cl2FN2O5/c16-11-5-8(18)1-3-10(11)15(22)25-7-14(21)19-13-4-2-9(20(23)24)6-12(13)17/h1-6H,7H2,(H,19,21). The summed E-state index contributed by atoms with van der Waals surface area (Å²) in [6.07, 6.45) is 0. The normalized spacial score (nSPS) is 10.2. The van der Waals surface area contributed by atoms with Gasteiger partial charge in [0.2, 0.25) is 0 Å². The Kier molecular flexibility index (Phi) is 5.89. The van der Waals surface area contributed by atoms with Crippen LogP contribution < -0.4 is 5.32 Å². The number of carbonyl (C=O) groups is 2. The number of ether oxygens (including phenoxy) is 1. The summed E-state index contributed by atoms with van der Waals surface area (Å²) in [6, 6.07) is 6.57. The van der Waals surface area contributed by atoms with Crippen LogP contribution in [-0.4, -0.2) is 23.4 Å². The van der Waals surface area contributed by atoms with Gasteiger partial charge in [-0.2, -0.15) is 0 Å². The maximum absolute atomic E-state index is 12.9. The molecule has 0 saturated carbocycles. The van der Waals surface area contributed by atoms with Crippen LogP contribution in [-0.2, 0) is 9.53 Å². The number of nitrogens with zero attached hydrogens (tertiary/aromatic N) is 1. The van der Waals surface area contributed by atoms with Crippen molar-refractivity contribution in [2.24, 2.45) is 0 Å². The van der Waals surface area contributed by atoms with Gasteiger partial charge in [0.15, 0.2) is 6.61 Å². The van der Waals surface area contributed by atoms with Crippen LogP contribution in [0.2, 0.25) is 10.0 Å². The van der Waals surface area contributed by atoms with E-state index in [1.165, 1.54) is 6.07 Å². The molecule has 2 aromatic rings. The summed E-state index contributed by atoms with van der Waals surface area (Å²) in [7, 11) is 0. The molecule has 1 amide bonds. The highest BCUT2D eigenvalue weighted by Crippen LogP contribution is 2.26. The summed E-state index contributed by atoms with van der Waals surface area (Å²) in [5, 5.41) is 12.8. The largest absolute Gasteiger partial charge is 0.452 e. The molecule has 0 bridgehead atoms. The van der Waals surface area contributed by atoms with Crippen LogP contribution in [0.4, 0.5) is 15.8 Å². The molecule has 0 aliphatic heterocycles. The van der Waals surface area contributed by atoms with Gasteiger partial charge in [0.25, 0.3) is 11.6 Å². The lowest BCUT2D eigenvalue weighted by Gasteiger charge is -2.08. The fourth-order valence-corrected chi connectivity index (χ4v) is 2.24. The number of nitrogens with one attached hydrogen (secondary N) is 1. The number of halogens is 3. The molecule has 0 fully saturated rings. The number of amides is 1. The second kappa shape index (κ2) is 7.91. The maximum Gasteiger partial charge on any atom is 0.340 e. The number of benzene rings is 2. The second-order valence-corrected chi connectivity index (χ2v) is 5.48. The van der Waals surface area contributed by atoms with Crippen LogP contribution in [0.1, 0.15) is 10.4 Å². The molecule has 0 radical (unpaired) electrons. The van der Waals surface area contributed by atoms with Gasteiger partial charge in [-0.1, -0.05) is 23.2 Å². The van der Waals surface area contributed by atoms with Crippen molar-refractivity contribution in [3.8, 4) is 0 Å². The van der Waals surface area contributed by atoms with Crippen LogP contribution in [0.5, 0.6) is 0 Å². The van der Waals surface area contributed by atoms with Gasteiger partial charge in [0.05, 0.1) is 26.2 Å². The minimum atomic E-state index is -0.907. The number of nitro groups is 1. The fraction of sp³-hybridized carbons (Fsp3) is 0.0667. The summed E-state index contributed by atoms with van der Waals surface area (Å²) >= 11 is 11.5. The molecule has 0 unspecified atom stereocenters. The van der Waals surface area contributed by atoms with E-state index in [0.717, 1.165) is 30.3 Å². The third-order valence-corrected chi connectivity index (χ3v) is 3.55. The van der Waals surface area contributed by atoms with Crippen molar-refractivity contribution >= 4 is 46.5 Å². The van der Waals surface area contributed by atoms with E-state index < -0.39 is 29.2 Å². The molecule has 0 heterocycles. The number of non-ortho nitro benzene ring substituents is 1. The van der Waals surface area contributed by atoms with Crippen LogP contribution >= 0.6 is 23.2 Å². The lowest BCUT2D eigenvalue weighted by Crippen LogP contribution is -2.21. The molecule has 2 aromatic carbocycles. The zero-order valence-corrected chi connectivity index (χ0v) is 13.8. The molecule has 25 heavy (non-hydrogen) atoms. The van der Waals surface area contributed by atoms with E-state index in [0.29, 0.717) is 0 Å². The van der Waals surface area contributed by atoms with Gasteiger partial charge in [-0.05, 0) is 24.3 Å². The molecule has 0 aromatic heterocycles. The number of anilines is 1. The van der Waals surface area contributed by atoms with Gasteiger partial charge < -0.3 is 10.1 Å². The minimum Gasteiger partial charge on any atom is -0.452 e. The molecular formula is C15H9Cl2FN2O5. The first-order chi connectivity index (χ1) is 11.8. The van der Waals surface area contributed by atoms with Crippen molar-refractivity contribution < 1.29 is 23.6 Å². The molecule has 2 rings (SSSR count). The Morgan fingerprint density at radius 1 is 1.16 bits per heavy atom. The zero-order chi connectivity index (χ0) is 18.6. The van der Waals surface area contributed by atoms with E-state index in [-0.39, 0.29) is 27.0 Å². The summed E-state index contributed by atoms with van der Waals surface area (Å²) in [6.45, 7) is -0.653. The second-order valence-electron chi connectivity index (χ2n) is 4.67. The smallest absolute Gasteiger partial charge is 0.340 e. The van der Waals surface area contributed by atoms with Gasteiger partial charge in [-0.25, -0.2) is 9.18 Å². The van der Waals surface area contributed by atoms with E-state index in [1.807, 2.05) is 0 Å². The molecule has 0 atom stereocenters. The van der Waals surface area contributed by atoms with Gasteiger partial charge >= 0.3 is 5.97 Å². The van der Waals surface area contributed by atoms with Crippen LogP contribution in [0.3, 0.4) is 0 Å². The Morgan fingerprint density at radius 3 is 2.48 bits per heavy atom. The highest BCUT2D eigenvalue weighted by Gasteiger charge is 2.16. The highest BCUT2D eigenvalue weighted by molar-refractivity contribution is 6.34. The van der Waals surface area contributed by atoms with Crippen molar-refractivity contribution in [1.82, 2.24) is 0 Å². The Labute approximate surface area is 150 Å². The molecule has 130 valence electrons. The van der Waals surface area contributed by atoms with Crippen molar-refractivity contribution in [2.45, 2.75) is 0 Å². The third kappa shape index (κ3) is 4.88. The molecule has 0 spiro atoms. The lowest BCUT2D eigenvalue weighted by atomic mass is 10.2. The summed E-state index contributed by atoms with van der Waals surface area (Å²) < 4.78 is 17.7. The first-order valence-corrected chi connectivity index (χ1v) is 7.39. The topological polar surface area (TPSA) is 98.5 Å². The average Bonchev–Trinajstić information content (AvgIpc) is 2.54. The van der Waals surface area contributed by atoms with E-state index >= 15 is 0 Å². The van der Waals surface area contributed by atoms with E-state index in [1.54, 1.807) is 0 Å². The van der Waals surface area contributed by atoms with Crippen LogP contribution in [0, 0.1) is 15.9 Å². The Balaban J connectivity index is 1.96. The number of carbonyl (C=O) groups excluding carboxylic acids is 2. The summed E-state index contributed by atoms with van der Waals surface area (Å²) in [5.41, 5.74) is -0.210.